The van der Waals surface area contributed by atoms with Crippen LogP contribution in [0.15, 0.2) is 18.2 Å². The van der Waals surface area contributed by atoms with Crippen molar-refractivity contribution in [2.75, 3.05) is 11.1 Å². The third-order valence-corrected chi connectivity index (χ3v) is 2.88. The van der Waals surface area contributed by atoms with Crippen molar-refractivity contribution < 1.29 is 20.1 Å². The van der Waals surface area contributed by atoms with Crippen LogP contribution in [0, 0.1) is 0 Å². The topological polar surface area (TPSA) is 104 Å². The van der Waals surface area contributed by atoms with Crippen molar-refractivity contribution in [3.8, 4) is 0 Å². The smallest absolute Gasteiger partial charge is 0.337 e. The number of carbonyl (C=O) groups is 1. The van der Waals surface area contributed by atoms with Crippen LogP contribution in [0.1, 0.15) is 28.4 Å². The molecule has 0 saturated carbocycles. The predicted octanol–water partition coefficient (Wildman–Crippen LogP) is 1.15. The molecule has 6 heteroatoms. The van der Waals surface area contributed by atoms with Gasteiger partial charge in [-0.3, -0.25) is 0 Å². The van der Waals surface area contributed by atoms with Crippen molar-refractivity contribution in [1.29, 1.82) is 0 Å². The molecule has 0 saturated heterocycles. The van der Waals surface area contributed by atoms with Gasteiger partial charge in [0.15, 0.2) is 0 Å². The molecule has 0 spiro atoms. The second kappa shape index (κ2) is 6.00. The Kier molecular flexibility index (Phi) is 4.92. The number of halogens is 1. The molecule has 0 aliphatic rings. The maximum absolute atomic E-state index is 10.9. The molecule has 94 valence electrons. The van der Waals surface area contributed by atoms with Crippen molar-refractivity contribution in [2.45, 2.75) is 18.6 Å². The molecule has 17 heavy (non-hydrogen) atoms. The molecular formula is C11H14BrNO4. The lowest BCUT2D eigenvalue weighted by molar-refractivity contribution is 0.0173. The van der Waals surface area contributed by atoms with Crippen LogP contribution < -0.4 is 5.73 Å². The fraction of sp³-hybridized carbons (Fsp3) is 0.364. The van der Waals surface area contributed by atoms with E-state index in [0.29, 0.717) is 17.3 Å². The number of aliphatic hydroxyl groups is 2. The van der Waals surface area contributed by atoms with Crippen molar-refractivity contribution in [3.63, 3.8) is 0 Å². The van der Waals surface area contributed by atoms with E-state index in [4.69, 9.17) is 10.8 Å². The number of aliphatic hydroxyl groups excluding tert-OH is 2. The van der Waals surface area contributed by atoms with Crippen molar-refractivity contribution in [3.05, 3.63) is 29.3 Å². The van der Waals surface area contributed by atoms with Crippen molar-refractivity contribution in [2.24, 2.45) is 0 Å². The summed E-state index contributed by atoms with van der Waals surface area (Å²) >= 11 is 3.15. The van der Waals surface area contributed by atoms with E-state index in [1.165, 1.54) is 18.2 Å². The third kappa shape index (κ3) is 3.42. The number of nitrogens with two attached hydrogens (primary N) is 1. The number of anilines is 1. The van der Waals surface area contributed by atoms with Crippen LogP contribution in [0.25, 0.3) is 0 Å². The van der Waals surface area contributed by atoms with Gasteiger partial charge >= 0.3 is 5.97 Å². The average Bonchev–Trinajstić information content (AvgIpc) is 2.28. The van der Waals surface area contributed by atoms with Gasteiger partial charge in [-0.1, -0.05) is 22.0 Å². The number of nitrogen functional groups attached to an aromatic ring is 1. The summed E-state index contributed by atoms with van der Waals surface area (Å²) in [5, 5.41) is 28.9. The lowest BCUT2D eigenvalue weighted by atomic mass is 9.99. The zero-order chi connectivity index (χ0) is 13.0. The zero-order valence-corrected chi connectivity index (χ0v) is 10.6. The van der Waals surface area contributed by atoms with E-state index in [-0.39, 0.29) is 11.3 Å². The molecule has 0 heterocycles. The Morgan fingerprint density at radius 1 is 1.41 bits per heavy atom. The number of benzene rings is 1. The molecule has 1 aromatic rings. The van der Waals surface area contributed by atoms with Gasteiger partial charge in [-0.15, -0.1) is 0 Å². The highest BCUT2D eigenvalue weighted by Gasteiger charge is 2.19. The summed E-state index contributed by atoms with van der Waals surface area (Å²) in [5.41, 5.74) is 5.88. The summed E-state index contributed by atoms with van der Waals surface area (Å²) in [6.45, 7) is 0. The van der Waals surface area contributed by atoms with Crippen LogP contribution in [-0.2, 0) is 0 Å². The van der Waals surface area contributed by atoms with Gasteiger partial charge in [0.25, 0.3) is 0 Å². The van der Waals surface area contributed by atoms with E-state index in [2.05, 4.69) is 15.9 Å². The predicted molar refractivity (Wildman–Crippen MR) is 67.2 cm³/mol. The zero-order valence-electron chi connectivity index (χ0n) is 9.01. The first kappa shape index (κ1) is 14.0. The summed E-state index contributed by atoms with van der Waals surface area (Å²) in [4.78, 5) is 10.9. The van der Waals surface area contributed by atoms with Gasteiger partial charge in [0.2, 0.25) is 0 Å². The summed E-state index contributed by atoms with van der Waals surface area (Å²) in [5.74, 6) is -1.16. The fourth-order valence-electron chi connectivity index (χ4n) is 1.43. The normalized spacial score (nSPS) is 14.3. The fourth-order valence-corrected chi connectivity index (χ4v) is 1.90. The number of hydrogen-bond donors (Lipinski definition) is 4. The molecule has 0 aliphatic carbocycles. The molecule has 0 bridgehead atoms. The SMILES string of the molecule is Nc1ccc(C(O)C(O)CCBr)cc1C(=O)O. The van der Waals surface area contributed by atoms with Gasteiger partial charge in [-0.05, 0) is 24.1 Å². The number of carboxylic acid groups (broad SMARTS) is 1. The molecule has 0 aliphatic heterocycles. The number of carboxylic acids is 1. The lowest BCUT2D eigenvalue weighted by Crippen LogP contribution is -2.19. The van der Waals surface area contributed by atoms with E-state index in [1.807, 2.05) is 0 Å². The summed E-state index contributed by atoms with van der Waals surface area (Å²) in [6.07, 6.45) is -1.69. The second-order valence-electron chi connectivity index (χ2n) is 3.64. The number of rotatable bonds is 5. The molecule has 2 unspecified atom stereocenters. The summed E-state index contributed by atoms with van der Waals surface area (Å²) in [6, 6.07) is 4.19. The quantitative estimate of drug-likeness (QED) is 0.482. The van der Waals surface area contributed by atoms with E-state index >= 15 is 0 Å². The molecule has 0 radical (unpaired) electrons. The van der Waals surface area contributed by atoms with Gasteiger partial charge < -0.3 is 21.1 Å². The number of hydrogen-bond acceptors (Lipinski definition) is 4. The molecule has 1 aromatic carbocycles. The number of alkyl halides is 1. The van der Waals surface area contributed by atoms with Crippen molar-refractivity contribution in [1.82, 2.24) is 0 Å². The van der Waals surface area contributed by atoms with Gasteiger partial charge in [0, 0.05) is 11.0 Å². The Bertz CT molecular complexity index is 410. The molecule has 0 fully saturated rings. The molecule has 5 N–H and O–H groups in total. The Morgan fingerprint density at radius 3 is 2.59 bits per heavy atom. The first-order valence-electron chi connectivity index (χ1n) is 5.02. The maximum Gasteiger partial charge on any atom is 0.337 e. The lowest BCUT2D eigenvalue weighted by Gasteiger charge is -2.18. The summed E-state index contributed by atoms with van der Waals surface area (Å²) in [7, 11) is 0. The highest BCUT2D eigenvalue weighted by Crippen LogP contribution is 2.23. The Balaban J connectivity index is 2.99. The third-order valence-electron chi connectivity index (χ3n) is 2.42. The van der Waals surface area contributed by atoms with E-state index in [1.54, 1.807) is 0 Å². The number of aromatic carboxylic acids is 1. The summed E-state index contributed by atoms with van der Waals surface area (Å²) < 4.78 is 0. The highest BCUT2D eigenvalue weighted by molar-refractivity contribution is 9.09. The van der Waals surface area contributed by atoms with Gasteiger partial charge in [0.1, 0.15) is 6.10 Å². The van der Waals surface area contributed by atoms with Gasteiger partial charge in [0.05, 0.1) is 11.7 Å². The monoisotopic (exact) mass is 303 g/mol. The Labute approximate surface area is 107 Å². The second-order valence-corrected chi connectivity index (χ2v) is 4.43. The maximum atomic E-state index is 10.9. The molecule has 0 aromatic heterocycles. The van der Waals surface area contributed by atoms with Crippen LogP contribution in [0.3, 0.4) is 0 Å². The minimum atomic E-state index is -1.16. The van der Waals surface area contributed by atoms with Crippen LogP contribution in [0.2, 0.25) is 0 Å². The van der Waals surface area contributed by atoms with Crippen molar-refractivity contribution >= 4 is 27.6 Å². The van der Waals surface area contributed by atoms with E-state index < -0.39 is 18.2 Å². The minimum absolute atomic E-state index is 0.0763. The van der Waals surface area contributed by atoms with Crippen LogP contribution >= 0.6 is 15.9 Å². The van der Waals surface area contributed by atoms with Crippen LogP contribution in [-0.4, -0.2) is 32.7 Å². The first-order chi connectivity index (χ1) is 7.97. The first-order valence-corrected chi connectivity index (χ1v) is 6.14. The molecule has 0 amide bonds. The minimum Gasteiger partial charge on any atom is -0.478 e. The van der Waals surface area contributed by atoms with E-state index in [0.717, 1.165) is 0 Å². The average molecular weight is 304 g/mol. The highest BCUT2D eigenvalue weighted by atomic mass is 79.9. The standard InChI is InChI=1S/C11H14BrNO4/c12-4-3-9(14)10(15)6-1-2-8(13)7(5-6)11(16)17/h1-2,5,9-10,14-15H,3-4,13H2,(H,16,17). The molecular weight excluding hydrogens is 290 g/mol. The van der Waals surface area contributed by atoms with Crippen LogP contribution in [0.5, 0.6) is 0 Å². The van der Waals surface area contributed by atoms with E-state index in [9.17, 15) is 15.0 Å². The molecule has 1 rings (SSSR count). The Morgan fingerprint density at radius 2 is 2.06 bits per heavy atom. The van der Waals surface area contributed by atoms with Gasteiger partial charge in [-0.25, -0.2) is 4.79 Å². The molecule has 5 nitrogen and oxygen atoms in total. The van der Waals surface area contributed by atoms with Crippen LogP contribution in [0.4, 0.5) is 5.69 Å². The Hall–Kier alpha value is -1.11. The largest absolute Gasteiger partial charge is 0.478 e. The molecule has 2 atom stereocenters. The van der Waals surface area contributed by atoms with Gasteiger partial charge in [-0.2, -0.15) is 0 Å².